The number of anilines is 1. The van der Waals surface area contributed by atoms with Gasteiger partial charge in [-0.2, -0.15) is 5.10 Å². The molecule has 19 heavy (non-hydrogen) atoms. The minimum Gasteiger partial charge on any atom is -0.357 e. The van der Waals surface area contributed by atoms with E-state index in [1.807, 2.05) is 4.68 Å². The number of hydrogen-bond acceptors (Lipinski definition) is 2. The van der Waals surface area contributed by atoms with Gasteiger partial charge in [0.1, 0.15) is 5.82 Å². The summed E-state index contributed by atoms with van der Waals surface area (Å²) in [6, 6.07) is 0.676. The third-order valence-corrected chi connectivity index (χ3v) is 5.28. The van der Waals surface area contributed by atoms with Gasteiger partial charge in [0, 0.05) is 31.0 Å². The van der Waals surface area contributed by atoms with Crippen molar-refractivity contribution in [3.05, 3.63) is 11.3 Å². The summed E-state index contributed by atoms with van der Waals surface area (Å²) in [5, 5.41) is 5.46. The van der Waals surface area contributed by atoms with Crippen molar-refractivity contribution in [1.82, 2.24) is 9.78 Å². The van der Waals surface area contributed by atoms with Crippen LogP contribution < -0.4 is 4.90 Å². The van der Waals surface area contributed by atoms with Gasteiger partial charge in [0.2, 0.25) is 0 Å². The highest BCUT2D eigenvalue weighted by Crippen LogP contribution is 2.33. The van der Waals surface area contributed by atoms with Crippen LogP contribution in [0.4, 0.5) is 5.82 Å². The van der Waals surface area contributed by atoms with Crippen LogP contribution >= 0.6 is 15.9 Å². The molecule has 0 aromatic carbocycles. The first-order valence-electron chi connectivity index (χ1n) is 7.39. The van der Waals surface area contributed by atoms with Gasteiger partial charge in [0.25, 0.3) is 0 Å². The van der Waals surface area contributed by atoms with Crippen LogP contribution in [-0.4, -0.2) is 22.9 Å². The average molecular weight is 328 g/mol. The first-order valence-corrected chi connectivity index (χ1v) is 8.51. The highest BCUT2D eigenvalue weighted by molar-refractivity contribution is 9.08. The fourth-order valence-electron chi connectivity index (χ4n) is 3.40. The van der Waals surface area contributed by atoms with Crippen LogP contribution in [-0.2, 0) is 12.4 Å². The Hall–Kier alpha value is -0.510. The Bertz CT molecular complexity index is 419. The molecule has 1 heterocycles. The second kappa shape index (κ2) is 6.29. The van der Waals surface area contributed by atoms with Gasteiger partial charge < -0.3 is 4.90 Å². The molecule has 1 aliphatic rings. The van der Waals surface area contributed by atoms with E-state index < -0.39 is 0 Å². The number of hydrogen-bond donors (Lipinski definition) is 0. The number of halogens is 1. The molecule has 2 rings (SSSR count). The Kier molecular flexibility index (Phi) is 4.93. The van der Waals surface area contributed by atoms with Crippen molar-refractivity contribution in [2.45, 2.75) is 57.3 Å². The highest BCUT2D eigenvalue weighted by atomic mass is 79.9. The summed E-state index contributed by atoms with van der Waals surface area (Å²) in [5.41, 5.74) is 2.48. The minimum atomic E-state index is 0.676. The SMILES string of the molecule is CCC1CCC(N(C)c2c(CBr)c(C)nn2C)CC1. The molecular weight excluding hydrogens is 302 g/mol. The second-order valence-electron chi connectivity index (χ2n) is 5.84. The predicted octanol–water partition coefficient (Wildman–Crippen LogP) is 4.03. The lowest BCUT2D eigenvalue weighted by molar-refractivity contribution is 0.312. The van der Waals surface area contributed by atoms with Crippen molar-refractivity contribution in [3.63, 3.8) is 0 Å². The van der Waals surface area contributed by atoms with Crippen LogP contribution in [0.5, 0.6) is 0 Å². The van der Waals surface area contributed by atoms with Crippen LogP contribution in [0.25, 0.3) is 0 Å². The Morgan fingerprint density at radius 2 is 1.95 bits per heavy atom. The van der Waals surface area contributed by atoms with E-state index >= 15 is 0 Å². The van der Waals surface area contributed by atoms with Crippen molar-refractivity contribution in [2.75, 3.05) is 11.9 Å². The minimum absolute atomic E-state index is 0.676. The molecule has 0 radical (unpaired) electrons. The normalized spacial score (nSPS) is 23.6. The van der Waals surface area contributed by atoms with Gasteiger partial charge >= 0.3 is 0 Å². The number of aromatic nitrogens is 2. The van der Waals surface area contributed by atoms with E-state index in [1.165, 1.54) is 43.5 Å². The molecule has 4 heteroatoms. The van der Waals surface area contributed by atoms with E-state index in [0.29, 0.717) is 6.04 Å². The quantitative estimate of drug-likeness (QED) is 0.778. The molecule has 1 fully saturated rings. The summed E-state index contributed by atoms with van der Waals surface area (Å²) >= 11 is 3.61. The van der Waals surface area contributed by atoms with E-state index in [4.69, 9.17) is 0 Å². The van der Waals surface area contributed by atoms with Crippen molar-refractivity contribution in [3.8, 4) is 0 Å². The topological polar surface area (TPSA) is 21.1 Å². The zero-order chi connectivity index (χ0) is 14.0. The molecule has 108 valence electrons. The van der Waals surface area contributed by atoms with Crippen molar-refractivity contribution in [2.24, 2.45) is 13.0 Å². The lowest BCUT2D eigenvalue weighted by Crippen LogP contribution is -2.36. The standard InChI is InChI=1S/C15H26BrN3/c1-5-12-6-8-13(9-7-12)18(3)15-14(10-16)11(2)17-19(15)4/h12-13H,5-10H2,1-4H3. The Balaban J connectivity index is 2.14. The predicted molar refractivity (Wildman–Crippen MR) is 85.0 cm³/mol. The first-order chi connectivity index (χ1) is 9.08. The molecule has 0 saturated heterocycles. The largest absolute Gasteiger partial charge is 0.357 e. The molecule has 0 N–H and O–H groups in total. The summed E-state index contributed by atoms with van der Waals surface area (Å²) in [6.45, 7) is 4.42. The molecule has 1 aromatic heterocycles. The van der Waals surface area contributed by atoms with E-state index in [-0.39, 0.29) is 0 Å². The fraction of sp³-hybridized carbons (Fsp3) is 0.800. The summed E-state index contributed by atoms with van der Waals surface area (Å²) in [4.78, 5) is 2.46. The van der Waals surface area contributed by atoms with Gasteiger partial charge in [0.15, 0.2) is 0 Å². The fourth-order valence-corrected chi connectivity index (χ4v) is 4.06. The highest BCUT2D eigenvalue weighted by Gasteiger charge is 2.26. The Labute approximate surface area is 125 Å². The smallest absolute Gasteiger partial charge is 0.130 e. The van der Waals surface area contributed by atoms with Gasteiger partial charge in [-0.15, -0.1) is 0 Å². The summed E-state index contributed by atoms with van der Waals surface area (Å²) in [7, 11) is 4.29. The van der Waals surface area contributed by atoms with Crippen LogP contribution in [0.15, 0.2) is 0 Å². The van der Waals surface area contributed by atoms with Gasteiger partial charge in [0.05, 0.1) is 5.69 Å². The van der Waals surface area contributed by atoms with Crippen LogP contribution in [0.3, 0.4) is 0 Å². The van der Waals surface area contributed by atoms with Crippen LogP contribution in [0.1, 0.15) is 50.3 Å². The Morgan fingerprint density at radius 1 is 1.32 bits per heavy atom. The van der Waals surface area contributed by atoms with Crippen LogP contribution in [0.2, 0.25) is 0 Å². The van der Waals surface area contributed by atoms with Crippen molar-refractivity contribution < 1.29 is 0 Å². The summed E-state index contributed by atoms with van der Waals surface area (Å²) in [6.07, 6.45) is 6.74. The maximum absolute atomic E-state index is 4.57. The number of aryl methyl sites for hydroxylation is 2. The maximum Gasteiger partial charge on any atom is 0.130 e. The second-order valence-corrected chi connectivity index (χ2v) is 6.40. The zero-order valence-electron chi connectivity index (χ0n) is 12.6. The molecular formula is C15H26BrN3. The number of rotatable bonds is 4. The third-order valence-electron chi connectivity index (χ3n) is 4.72. The molecule has 1 saturated carbocycles. The Morgan fingerprint density at radius 3 is 2.47 bits per heavy atom. The monoisotopic (exact) mass is 327 g/mol. The molecule has 1 aromatic rings. The molecule has 0 spiro atoms. The lowest BCUT2D eigenvalue weighted by Gasteiger charge is -2.36. The van der Waals surface area contributed by atoms with Crippen molar-refractivity contribution >= 4 is 21.7 Å². The lowest BCUT2D eigenvalue weighted by atomic mass is 9.84. The van der Waals surface area contributed by atoms with Crippen molar-refractivity contribution in [1.29, 1.82) is 0 Å². The van der Waals surface area contributed by atoms with Crippen LogP contribution in [0, 0.1) is 12.8 Å². The number of nitrogens with zero attached hydrogens (tertiary/aromatic N) is 3. The third kappa shape index (κ3) is 2.99. The molecule has 0 amide bonds. The number of alkyl halides is 1. The molecule has 1 aliphatic carbocycles. The van der Waals surface area contributed by atoms with E-state index in [0.717, 1.165) is 16.9 Å². The summed E-state index contributed by atoms with van der Waals surface area (Å²) in [5.74, 6) is 2.24. The van der Waals surface area contributed by atoms with E-state index in [1.54, 1.807) is 0 Å². The zero-order valence-corrected chi connectivity index (χ0v) is 14.2. The van der Waals surface area contributed by atoms with Gasteiger partial charge in [-0.3, -0.25) is 4.68 Å². The molecule has 0 bridgehead atoms. The van der Waals surface area contributed by atoms with Gasteiger partial charge in [-0.1, -0.05) is 29.3 Å². The maximum atomic E-state index is 4.57. The van der Waals surface area contributed by atoms with Gasteiger partial charge in [-0.05, 0) is 38.5 Å². The average Bonchev–Trinajstić information content (AvgIpc) is 2.72. The summed E-state index contributed by atoms with van der Waals surface area (Å²) < 4.78 is 2.04. The first kappa shape index (κ1) is 14.9. The van der Waals surface area contributed by atoms with E-state index in [2.05, 4.69) is 53.9 Å². The molecule has 0 unspecified atom stereocenters. The molecule has 0 atom stereocenters. The molecule has 3 nitrogen and oxygen atoms in total. The van der Waals surface area contributed by atoms with Gasteiger partial charge in [-0.25, -0.2) is 0 Å². The van der Waals surface area contributed by atoms with E-state index in [9.17, 15) is 0 Å². The molecule has 0 aliphatic heterocycles.